The fourth-order valence-electron chi connectivity index (χ4n) is 2.65. The molecule has 3 nitrogen and oxygen atoms in total. The highest BCUT2D eigenvalue weighted by atomic mass is 15.0. The summed E-state index contributed by atoms with van der Waals surface area (Å²) in [5.41, 5.74) is 1.23. The van der Waals surface area contributed by atoms with Crippen molar-refractivity contribution in [1.82, 2.24) is 4.98 Å². The summed E-state index contributed by atoms with van der Waals surface area (Å²) in [6.45, 7) is 10.1. The number of pyridine rings is 1. The predicted octanol–water partition coefficient (Wildman–Crippen LogP) is 3.05. The van der Waals surface area contributed by atoms with E-state index >= 15 is 0 Å². The van der Waals surface area contributed by atoms with Gasteiger partial charge in [-0.25, -0.2) is 4.98 Å². The number of aromatic nitrogens is 1. The molecule has 17 heavy (non-hydrogen) atoms. The van der Waals surface area contributed by atoms with Crippen LogP contribution in [0.4, 0.5) is 5.82 Å². The molecule has 0 radical (unpaired) electrons. The summed E-state index contributed by atoms with van der Waals surface area (Å²) in [4.78, 5) is 4.21. The highest BCUT2D eigenvalue weighted by molar-refractivity contribution is 5.39. The largest absolute Gasteiger partial charge is 0.370 e. The minimum atomic E-state index is 0.382. The molecule has 90 valence electrons. The maximum Gasteiger partial charge on any atom is 0.142 e. The molecule has 1 saturated carbocycles. The van der Waals surface area contributed by atoms with Crippen molar-refractivity contribution >= 4 is 5.82 Å². The molecular weight excluding hydrogens is 210 g/mol. The molecule has 0 unspecified atom stereocenters. The molecule has 1 aliphatic carbocycles. The van der Waals surface area contributed by atoms with Crippen molar-refractivity contribution in [1.29, 1.82) is 5.26 Å². The van der Waals surface area contributed by atoms with E-state index < -0.39 is 0 Å². The zero-order valence-electron chi connectivity index (χ0n) is 10.9. The van der Waals surface area contributed by atoms with Gasteiger partial charge in [-0.3, -0.25) is 0 Å². The van der Waals surface area contributed by atoms with Gasteiger partial charge in [-0.05, 0) is 28.9 Å². The molecule has 3 heteroatoms. The summed E-state index contributed by atoms with van der Waals surface area (Å²) in [5, 5.41) is 12.1. The average Bonchev–Trinajstić information content (AvgIpc) is 2.67. The van der Waals surface area contributed by atoms with Gasteiger partial charge in [0.1, 0.15) is 17.6 Å². The van der Waals surface area contributed by atoms with Crippen molar-refractivity contribution < 1.29 is 0 Å². The zero-order valence-corrected chi connectivity index (χ0v) is 10.9. The molecule has 1 N–H and O–H groups in total. The number of hydrogen-bond acceptors (Lipinski definition) is 3. The minimum Gasteiger partial charge on any atom is -0.370 e. The van der Waals surface area contributed by atoms with Gasteiger partial charge in [-0.15, -0.1) is 0 Å². The SMILES string of the molecule is CC1(C)C(CNc2cccc(C#N)n2)C1(C)C. The van der Waals surface area contributed by atoms with Crippen LogP contribution < -0.4 is 5.32 Å². The van der Waals surface area contributed by atoms with E-state index in [0.717, 1.165) is 12.4 Å². The zero-order chi connectivity index (χ0) is 12.7. The van der Waals surface area contributed by atoms with E-state index in [1.54, 1.807) is 6.07 Å². The van der Waals surface area contributed by atoms with Crippen LogP contribution in [-0.4, -0.2) is 11.5 Å². The van der Waals surface area contributed by atoms with Gasteiger partial charge in [-0.2, -0.15) is 5.26 Å². The van der Waals surface area contributed by atoms with Crippen molar-refractivity contribution in [3.05, 3.63) is 23.9 Å². The van der Waals surface area contributed by atoms with Gasteiger partial charge in [0.25, 0.3) is 0 Å². The van der Waals surface area contributed by atoms with Gasteiger partial charge >= 0.3 is 0 Å². The molecule has 0 bridgehead atoms. The third-order valence-electron chi connectivity index (χ3n) is 4.67. The lowest BCUT2D eigenvalue weighted by atomic mass is 10.0. The first-order valence-electron chi connectivity index (χ1n) is 6.00. The highest BCUT2D eigenvalue weighted by Gasteiger charge is 2.64. The summed E-state index contributed by atoms with van der Waals surface area (Å²) >= 11 is 0. The van der Waals surface area contributed by atoms with Crippen LogP contribution in [0, 0.1) is 28.1 Å². The van der Waals surface area contributed by atoms with Crippen LogP contribution in [0.25, 0.3) is 0 Å². The van der Waals surface area contributed by atoms with Gasteiger partial charge in [0, 0.05) is 6.54 Å². The molecule has 0 aromatic carbocycles. The lowest BCUT2D eigenvalue weighted by Gasteiger charge is -2.06. The van der Waals surface area contributed by atoms with E-state index in [2.05, 4.69) is 44.1 Å². The molecular formula is C14H19N3. The first kappa shape index (κ1) is 11.9. The fourth-order valence-corrected chi connectivity index (χ4v) is 2.65. The highest BCUT2D eigenvalue weighted by Crippen LogP contribution is 2.68. The third-order valence-corrected chi connectivity index (χ3v) is 4.67. The van der Waals surface area contributed by atoms with Crippen molar-refractivity contribution in [3.8, 4) is 6.07 Å². The minimum absolute atomic E-state index is 0.382. The molecule has 0 atom stereocenters. The van der Waals surface area contributed by atoms with Gasteiger partial charge in [0.2, 0.25) is 0 Å². The van der Waals surface area contributed by atoms with Gasteiger partial charge < -0.3 is 5.32 Å². The number of anilines is 1. The van der Waals surface area contributed by atoms with E-state index in [1.807, 2.05) is 12.1 Å². The molecule has 1 aliphatic rings. The summed E-state index contributed by atoms with van der Waals surface area (Å²) < 4.78 is 0. The quantitative estimate of drug-likeness (QED) is 0.866. The maximum atomic E-state index is 8.78. The smallest absolute Gasteiger partial charge is 0.142 e. The van der Waals surface area contributed by atoms with Crippen molar-refractivity contribution in [2.75, 3.05) is 11.9 Å². The normalized spacial score (nSPS) is 20.6. The Balaban J connectivity index is 1.98. The van der Waals surface area contributed by atoms with Crippen LogP contribution in [-0.2, 0) is 0 Å². The maximum absolute atomic E-state index is 8.78. The topological polar surface area (TPSA) is 48.7 Å². The Morgan fingerprint density at radius 2 is 1.94 bits per heavy atom. The second-order valence-corrected chi connectivity index (χ2v) is 5.90. The Morgan fingerprint density at radius 1 is 1.29 bits per heavy atom. The summed E-state index contributed by atoms with van der Waals surface area (Å²) in [6.07, 6.45) is 0. The predicted molar refractivity (Wildman–Crippen MR) is 68.5 cm³/mol. The van der Waals surface area contributed by atoms with E-state index in [9.17, 15) is 0 Å². The van der Waals surface area contributed by atoms with Crippen LogP contribution in [0.1, 0.15) is 33.4 Å². The van der Waals surface area contributed by atoms with Gasteiger partial charge in [0.05, 0.1) is 0 Å². The van der Waals surface area contributed by atoms with Gasteiger partial charge in [0.15, 0.2) is 0 Å². The Kier molecular flexibility index (Phi) is 2.61. The molecule has 0 saturated heterocycles. The lowest BCUT2D eigenvalue weighted by molar-refractivity contribution is 0.457. The Labute approximate surface area is 103 Å². The molecule has 1 heterocycles. The lowest BCUT2D eigenvalue weighted by Crippen LogP contribution is -2.09. The molecule has 1 fully saturated rings. The average molecular weight is 229 g/mol. The number of nitrogens with one attached hydrogen (secondary N) is 1. The Hall–Kier alpha value is -1.56. The number of nitriles is 1. The van der Waals surface area contributed by atoms with Crippen molar-refractivity contribution in [3.63, 3.8) is 0 Å². The second-order valence-electron chi connectivity index (χ2n) is 5.90. The van der Waals surface area contributed by atoms with E-state index in [0.29, 0.717) is 22.4 Å². The van der Waals surface area contributed by atoms with Crippen LogP contribution >= 0.6 is 0 Å². The Morgan fingerprint density at radius 3 is 2.47 bits per heavy atom. The van der Waals surface area contributed by atoms with Crippen molar-refractivity contribution in [2.45, 2.75) is 27.7 Å². The summed E-state index contributed by atoms with van der Waals surface area (Å²) in [7, 11) is 0. The molecule has 1 aromatic rings. The van der Waals surface area contributed by atoms with Crippen LogP contribution in [0.2, 0.25) is 0 Å². The van der Waals surface area contributed by atoms with Crippen LogP contribution in [0.5, 0.6) is 0 Å². The standard InChI is InChI=1S/C14H19N3/c1-13(2)11(14(13,3)4)9-16-12-7-5-6-10(8-15)17-12/h5-7,11H,9H2,1-4H3,(H,16,17). The molecule has 0 spiro atoms. The first-order valence-corrected chi connectivity index (χ1v) is 6.00. The van der Waals surface area contributed by atoms with E-state index in [-0.39, 0.29) is 0 Å². The molecule has 0 aliphatic heterocycles. The first-order chi connectivity index (χ1) is 7.89. The molecule has 2 rings (SSSR count). The van der Waals surface area contributed by atoms with Gasteiger partial charge in [-0.1, -0.05) is 33.8 Å². The number of hydrogen-bond donors (Lipinski definition) is 1. The van der Waals surface area contributed by atoms with Crippen LogP contribution in [0.15, 0.2) is 18.2 Å². The summed E-state index contributed by atoms with van der Waals surface area (Å²) in [6, 6.07) is 7.53. The van der Waals surface area contributed by atoms with Crippen LogP contribution in [0.3, 0.4) is 0 Å². The van der Waals surface area contributed by atoms with E-state index in [1.165, 1.54) is 0 Å². The Bertz CT molecular complexity index is 455. The van der Waals surface area contributed by atoms with Crippen molar-refractivity contribution in [2.24, 2.45) is 16.7 Å². The molecule has 0 amide bonds. The number of rotatable bonds is 3. The fraction of sp³-hybridized carbons (Fsp3) is 0.571. The van der Waals surface area contributed by atoms with E-state index in [4.69, 9.17) is 5.26 Å². The number of nitrogens with zero attached hydrogens (tertiary/aromatic N) is 2. The monoisotopic (exact) mass is 229 g/mol. The molecule has 1 aromatic heterocycles. The summed E-state index contributed by atoms with van der Waals surface area (Å²) in [5.74, 6) is 1.45. The third kappa shape index (κ3) is 1.88. The second kappa shape index (κ2) is 3.73.